The monoisotopic (exact) mass is 514 g/mol. The first-order chi connectivity index (χ1) is 8.01. The molecule has 121 valence electrons. The fourth-order valence-corrected chi connectivity index (χ4v) is 1.30. The fourth-order valence-electron chi connectivity index (χ4n) is 0.880. The van der Waals surface area contributed by atoms with E-state index in [4.69, 9.17) is 0 Å². The van der Waals surface area contributed by atoms with Crippen molar-refractivity contribution in [1.82, 2.24) is 4.90 Å². The SMILES string of the molecule is FC(F)(F)OCCN(CCOC(F)(F)F)C([S-])[S-].[Au]. The van der Waals surface area contributed by atoms with Crippen LogP contribution in [0.15, 0.2) is 0 Å². The topological polar surface area (TPSA) is 21.7 Å². The van der Waals surface area contributed by atoms with Gasteiger partial charge in [0.1, 0.15) is 0 Å². The van der Waals surface area contributed by atoms with Crippen molar-refractivity contribution in [2.75, 3.05) is 26.3 Å². The van der Waals surface area contributed by atoms with Crippen molar-refractivity contribution in [3.8, 4) is 0 Å². The molecule has 0 unspecified atom stereocenters. The molecule has 0 spiro atoms. The van der Waals surface area contributed by atoms with Crippen molar-refractivity contribution in [3.63, 3.8) is 0 Å². The number of alkyl halides is 6. The molecular formula is C7H9AuF6NO2S2-2. The Morgan fingerprint density at radius 3 is 1.37 bits per heavy atom. The molecule has 0 fully saturated rings. The van der Waals surface area contributed by atoms with Crippen molar-refractivity contribution in [1.29, 1.82) is 0 Å². The molecule has 0 amide bonds. The Kier molecular flexibility index (Phi) is 11.4. The Labute approximate surface area is 132 Å². The number of ether oxygens (including phenoxy) is 2. The van der Waals surface area contributed by atoms with Crippen molar-refractivity contribution in [2.24, 2.45) is 0 Å². The maximum Gasteiger partial charge on any atom is 0.522 e. The average Bonchev–Trinajstić information content (AvgIpc) is 2.11. The minimum absolute atomic E-state index is 0. The molecule has 0 aliphatic heterocycles. The number of halogens is 6. The molecule has 0 heterocycles. The van der Waals surface area contributed by atoms with Crippen LogP contribution < -0.4 is 0 Å². The molecule has 0 aliphatic rings. The van der Waals surface area contributed by atoms with E-state index in [9.17, 15) is 26.3 Å². The first-order valence-electron chi connectivity index (χ1n) is 4.48. The van der Waals surface area contributed by atoms with Crippen molar-refractivity contribution >= 4 is 25.3 Å². The minimum atomic E-state index is -4.80. The molecule has 3 nitrogen and oxygen atoms in total. The van der Waals surface area contributed by atoms with Crippen molar-refractivity contribution in [3.05, 3.63) is 0 Å². The van der Waals surface area contributed by atoms with E-state index >= 15 is 0 Å². The molecule has 0 aromatic carbocycles. The van der Waals surface area contributed by atoms with E-state index in [0.29, 0.717) is 0 Å². The summed E-state index contributed by atoms with van der Waals surface area (Å²) < 4.78 is 75.8. The zero-order valence-corrected chi connectivity index (χ0v) is 12.9. The van der Waals surface area contributed by atoms with Gasteiger partial charge in [-0.3, -0.25) is 9.47 Å². The molecule has 0 N–H and O–H groups in total. The Morgan fingerprint density at radius 2 is 1.16 bits per heavy atom. The fraction of sp³-hybridized carbons (Fsp3) is 1.00. The number of rotatable bonds is 7. The summed E-state index contributed by atoms with van der Waals surface area (Å²) in [5.41, 5.74) is 0. The summed E-state index contributed by atoms with van der Waals surface area (Å²) in [6.45, 7) is -2.20. The molecule has 0 saturated heterocycles. The quantitative estimate of drug-likeness (QED) is 0.293. The van der Waals surface area contributed by atoms with Gasteiger partial charge in [-0.2, -0.15) is 0 Å². The Balaban J connectivity index is 0. The van der Waals surface area contributed by atoms with E-state index in [1.165, 1.54) is 0 Å². The molecule has 0 bridgehead atoms. The summed E-state index contributed by atoms with van der Waals surface area (Å²) in [6.07, 6.45) is -9.60. The van der Waals surface area contributed by atoms with Gasteiger partial charge in [0.05, 0.1) is 13.2 Å². The second-order valence-corrected chi connectivity index (χ2v) is 4.12. The molecule has 19 heavy (non-hydrogen) atoms. The van der Waals surface area contributed by atoms with E-state index < -0.39 is 30.6 Å². The van der Waals surface area contributed by atoms with E-state index in [1.54, 1.807) is 0 Å². The average molecular weight is 514 g/mol. The van der Waals surface area contributed by atoms with Crippen LogP contribution in [0.2, 0.25) is 0 Å². The molecule has 0 saturated carbocycles. The van der Waals surface area contributed by atoms with Gasteiger partial charge in [0.25, 0.3) is 0 Å². The third-order valence-electron chi connectivity index (χ3n) is 1.59. The van der Waals surface area contributed by atoms with Crippen LogP contribution in [0.4, 0.5) is 26.3 Å². The van der Waals surface area contributed by atoms with Crippen LogP contribution in [0.25, 0.3) is 0 Å². The molecule has 0 rings (SSSR count). The maximum atomic E-state index is 11.6. The van der Waals surface area contributed by atoms with E-state index in [0.717, 1.165) is 4.90 Å². The summed E-state index contributed by atoms with van der Waals surface area (Å²) in [5, 5.41) is 0. The Hall–Kier alpha value is 0.900. The molecule has 0 atom stereocenters. The second-order valence-electron chi connectivity index (χ2n) is 2.93. The molecule has 12 heteroatoms. The Bertz CT molecular complexity index is 221. The van der Waals surface area contributed by atoms with Crippen LogP contribution in [-0.2, 0) is 57.1 Å². The first kappa shape index (κ1) is 22.2. The predicted molar refractivity (Wildman–Crippen MR) is 54.1 cm³/mol. The van der Waals surface area contributed by atoms with Gasteiger partial charge in [0.2, 0.25) is 0 Å². The van der Waals surface area contributed by atoms with Crippen LogP contribution in [0.1, 0.15) is 0 Å². The van der Waals surface area contributed by atoms with Crippen LogP contribution in [0.3, 0.4) is 0 Å². The smallest absolute Gasteiger partial charge is 0.522 e. The van der Waals surface area contributed by atoms with Crippen LogP contribution in [0, 0.1) is 0 Å². The second kappa shape index (κ2) is 9.77. The summed E-state index contributed by atoms with van der Waals surface area (Å²) in [6, 6.07) is 0. The predicted octanol–water partition coefficient (Wildman–Crippen LogP) is 1.74. The summed E-state index contributed by atoms with van der Waals surface area (Å²) in [4.78, 5) is 1.03. The third-order valence-corrected chi connectivity index (χ3v) is 2.18. The normalized spacial score (nSPS) is 12.9. The molecular weight excluding hydrogens is 505 g/mol. The van der Waals surface area contributed by atoms with Crippen LogP contribution in [-0.4, -0.2) is 48.6 Å². The number of nitrogens with zero attached hydrogens (tertiary/aromatic N) is 1. The van der Waals surface area contributed by atoms with E-state index in [1.807, 2.05) is 0 Å². The zero-order valence-electron chi connectivity index (χ0n) is 9.06. The largest absolute Gasteiger partial charge is 0.800 e. The van der Waals surface area contributed by atoms with Crippen molar-refractivity contribution in [2.45, 2.75) is 17.4 Å². The Morgan fingerprint density at radius 1 is 0.842 bits per heavy atom. The van der Waals surface area contributed by atoms with Gasteiger partial charge in [0, 0.05) is 35.5 Å². The first-order valence-corrected chi connectivity index (χ1v) is 5.42. The minimum Gasteiger partial charge on any atom is -0.800 e. The van der Waals surface area contributed by atoms with Gasteiger partial charge in [-0.1, -0.05) is 0 Å². The summed E-state index contributed by atoms with van der Waals surface area (Å²) >= 11 is 9.16. The van der Waals surface area contributed by atoms with E-state index in [-0.39, 0.29) is 35.5 Å². The summed E-state index contributed by atoms with van der Waals surface area (Å²) in [5.74, 6) is 0. The van der Waals surface area contributed by atoms with Gasteiger partial charge < -0.3 is 30.2 Å². The molecule has 0 aromatic rings. The van der Waals surface area contributed by atoms with Gasteiger partial charge in [-0.05, 0) is 0 Å². The van der Waals surface area contributed by atoms with Gasteiger partial charge in [-0.15, -0.1) is 26.3 Å². The number of hydrogen-bond donors (Lipinski definition) is 0. The van der Waals surface area contributed by atoms with Crippen LogP contribution >= 0.6 is 0 Å². The summed E-state index contributed by atoms with van der Waals surface area (Å²) in [7, 11) is 0. The molecule has 1 radical (unpaired) electrons. The van der Waals surface area contributed by atoms with Crippen molar-refractivity contribution < 1.29 is 58.2 Å². The van der Waals surface area contributed by atoms with Gasteiger partial charge >= 0.3 is 12.7 Å². The third kappa shape index (κ3) is 15.1. The molecule has 0 aliphatic carbocycles. The van der Waals surface area contributed by atoms with Crippen LogP contribution in [0.5, 0.6) is 0 Å². The zero-order chi connectivity index (χ0) is 14.4. The van der Waals surface area contributed by atoms with E-state index in [2.05, 4.69) is 34.7 Å². The standard InChI is InChI=1S/C7H11F6NO2S2.Au/c8-6(9,10)15-3-1-14(5(17)18)2-4-16-7(11,12)13;/h5,17-18H,1-4H2;/p-2. The molecule has 0 aromatic heterocycles. The number of hydrogen-bond acceptors (Lipinski definition) is 5. The van der Waals surface area contributed by atoms with Gasteiger partial charge in [-0.25, -0.2) is 4.71 Å². The maximum absolute atomic E-state index is 11.6. The van der Waals surface area contributed by atoms with Gasteiger partial charge in [0.15, 0.2) is 0 Å².